The molecule has 0 aliphatic heterocycles. The zero-order valence-corrected chi connectivity index (χ0v) is 20.0. The fourth-order valence-corrected chi connectivity index (χ4v) is 5.00. The molecule has 0 saturated heterocycles. The molecule has 3 aliphatic rings. The van der Waals surface area contributed by atoms with Crippen LogP contribution in [0.25, 0.3) is 0 Å². The third-order valence-corrected chi connectivity index (χ3v) is 7.18. The first-order valence-corrected chi connectivity index (χ1v) is 11.9. The number of nitrogens with one attached hydrogen (secondary N) is 2. The second-order valence-corrected chi connectivity index (χ2v) is 9.68. The molecule has 2 aromatic rings. The Bertz CT molecular complexity index is 1110. The van der Waals surface area contributed by atoms with Crippen molar-refractivity contribution >= 4 is 23.4 Å². The van der Waals surface area contributed by atoms with E-state index < -0.39 is 41.2 Å². The van der Waals surface area contributed by atoms with Crippen LogP contribution in [0.1, 0.15) is 44.1 Å². The molecule has 0 spiro atoms. The number of carbonyl (C=O) groups excluding carboxylic acids is 2. The Balaban J connectivity index is 1.26. The molecular weight excluding hydrogens is 501 g/mol. The molecule has 3 fully saturated rings. The van der Waals surface area contributed by atoms with Gasteiger partial charge in [0.1, 0.15) is 17.3 Å². The highest BCUT2D eigenvalue weighted by Gasteiger charge is 2.55. The van der Waals surface area contributed by atoms with Crippen molar-refractivity contribution in [3.05, 3.63) is 58.9 Å². The van der Waals surface area contributed by atoms with E-state index in [2.05, 4.69) is 10.6 Å². The molecule has 2 amide bonds. The minimum absolute atomic E-state index is 0.0465. The van der Waals surface area contributed by atoms with Gasteiger partial charge in [0.2, 0.25) is 0 Å². The molecule has 3 N–H and O–H groups in total. The number of hydrogen-bond donors (Lipinski definition) is 3. The van der Waals surface area contributed by atoms with Crippen LogP contribution in [0.2, 0.25) is 5.02 Å². The SMILES string of the molecule is O=C(COc1ccc(Cl)c(F)c1)NC12CCC(NC(=O)COc3ccc(C(F)F)cc3)(CC1)[C@H](O)C2. The number of aliphatic hydroxyl groups is 1. The fraction of sp³-hybridized carbons (Fsp3) is 0.440. The van der Waals surface area contributed by atoms with Crippen LogP contribution < -0.4 is 20.1 Å². The van der Waals surface area contributed by atoms with E-state index in [1.807, 2.05) is 0 Å². The largest absolute Gasteiger partial charge is 0.484 e. The average molecular weight is 527 g/mol. The maximum atomic E-state index is 13.5. The van der Waals surface area contributed by atoms with E-state index in [0.29, 0.717) is 25.7 Å². The molecule has 36 heavy (non-hydrogen) atoms. The lowest BCUT2D eigenvalue weighted by Crippen LogP contribution is -2.70. The van der Waals surface area contributed by atoms with Gasteiger partial charge in [0, 0.05) is 17.2 Å². The molecule has 7 nitrogen and oxygen atoms in total. The second kappa shape index (κ2) is 10.6. The standard InChI is InChI=1S/C25H26ClF3N2O5/c26-18-6-5-17(11-19(18)27)36-13-21(33)30-24-7-9-25(10-8-24,20(32)12-24)31-22(34)14-35-16-3-1-15(2-4-16)23(28)29/h1-6,11,20,23,32H,7-10,12-14H2,(H,30,33)(H,31,34)/t20-,24?,25?/m1/s1. The molecule has 11 heteroatoms. The quantitative estimate of drug-likeness (QED) is 0.460. The Morgan fingerprint density at radius 2 is 1.56 bits per heavy atom. The summed E-state index contributed by atoms with van der Waals surface area (Å²) in [6.07, 6.45) is -1.23. The summed E-state index contributed by atoms with van der Waals surface area (Å²) in [6, 6.07) is 9.09. The monoisotopic (exact) mass is 526 g/mol. The van der Waals surface area contributed by atoms with Gasteiger partial charge in [-0.15, -0.1) is 0 Å². The molecule has 2 bridgehead atoms. The van der Waals surface area contributed by atoms with Gasteiger partial charge in [-0.3, -0.25) is 9.59 Å². The summed E-state index contributed by atoms with van der Waals surface area (Å²) in [4.78, 5) is 25.0. The molecule has 0 aromatic heterocycles. The van der Waals surface area contributed by atoms with E-state index in [9.17, 15) is 27.9 Å². The molecule has 194 valence electrons. The minimum atomic E-state index is -2.59. The van der Waals surface area contributed by atoms with Crippen molar-refractivity contribution in [3.8, 4) is 11.5 Å². The number of rotatable bonds is 9. The van der Waals surface area contributed by atoms with Crippen molar-refractivity contribution < 1.29 is 37.3 Å². The van der Waals surface area contributed by atoms with Crippen LogP contribution in [-0.4, -0.2) is 47.3 Å². The molecule has 0 radical (unpaired) electrons. The molecule has 2 aromatic carbocycles. The predicted molar refractivity (Wildman–Crippen MR) is 125 cm³/mol. The topological polar surface area (TPSA) is 96.9 Å². The van der Waals surface area contributed by atoms with Gasteiger partial charge in [0.05, 0.1) is 16.7 Å². The summed E-state index contributed by atoms with van der Waals surface area (Å²) in [6.45, 7) is -0.649. The fourth-order valence-electron chi connectivity index (χ4n) is 4.88. The van der Waals surface area contributed by atoms with Crippen LogP contribution in [0.5, 0.6) is 11.5 Å². The predicted octanol–water partition coefficient (Wildman–Crippen LogP) is 3.92. The number of carbonyl (C=O) groups is 2. The molecule has 0 unspecified atom stereocenters. The van der Waals surface area contributed by atoms with Crippen LogP contribution in [0, 0.1) is 5.82 Å². The van der Waals surface area contributed by atoms with Crippen LogP contribution in [0.15, 0.2) is 42.5 Å². The second-order valence-electron chi connectivity index (χ2n) is 9.28. The van der Waals surface area contributed by atoms with Crippen molar-refractivity contribution in [2.75, 3.05) is 13.2 Å². The van der Waals surface area contributed by atoms with Gasteiger partial charge in [-0.2, -0.15) is 0 Å². The van der Waals surface area contributed by atoms with Crippen molar-refractivity contribution in [2.45, 2.75) is 55.7 Å². The number of amides is 2. The lowest BCUT2D eigenvalue weighted by Gasteiger charge is -2.56. The van der Waals surface area contributed by atoms with Gasteiger partial charge < -0.3 is 25.2 Å². The Kier molecular flexibility index (Phi) is 7.65. The van der Waals surface area contributed by atoms with E-state index >= 15 is 0 Å². The molecule has 5 rings (SSSR count). The lowest BCUT2D eigenvalue weighted by atomic mass is 9.60. The van der Waals surface area contributed by atoms with Gasteiger partial charge in [-0.05, 0) is 68.5 Å². The highest BCUT2D eigenvalue weighted by atomic mass is 35.5. The summed E-state index contributed by atoms with van der Waals surface area (Å²) >= 11 is 5.64. The number of hydrogen-bond acceptors (Lipinski definition) is 5. The zero-order chi connectivity index (χ0) is 25.9. The number of ether oxygens (including phenoxy) is 2. The summed E-state index contributed by atoms with van der Waals surface area (Å²) in [5.74, 6) is -1.03. The van der Waals surface area contributed by atoms with Crippen LogP contribution in [0.4, 0.5) is 13.2 Å². The summed E-state index contributed by atoms with van der Waals surface area (Å²) in [7, 11) is 0. The van der Waals surface area contributed by atoms with Crippen LogP contribution in [-0.2, 0) is 9.59 Å². The van der Waals surface area contributed by atoms with Gasteiger partial charge in [-0.1, -0.05) is 11.6 Å². The van der Waals surface area contributed by atoms with Gasteiger partial charge in [0.25, 0.3) is 18.2 Å². The highest BCUT2D eigenvalue weighted by molar-refractivity contribution is 6.30. The number of benzene rings is 2. The molecule has 0 heterocycles. The van der Waals surface area contributed by atoms with Crippen molar-refractivity contribution in [1.29, 1.82) is 0 Å². The molecule has 3 aliphatic carbocycles. The van der Waals surface area contributed by atoms with Gasteiger partial charge in [0.15, 0.2) is 13.2 Å². The zero-order valence-electron chi connectivity index (χ0n) is 19.2. The summed E-state index contributed by atoms with van der Waals surface area (Å²) in [5, 5.41) is 16.6. The van der Waals surface area contributed by atoms with Gasteiger partial charge >= 0.3 is 0 Å². The number of halogens is 4. The first-order chi connectivity index (χ1) is 17.1. The lowest BCUT2D eigenvalue weighted by molar-refractivity contribution is -0.137. The molecular formula is C25H26ClF3N2O5. The number of alkyl halides is 2. The Morgan fingerprint density at radius 1 is 0.972 bits per heavy atom. The van der Waals surface area contributed by atoms with E-state index in [0.717, 1.165) is 6.07 Å². The van der Waals surface area contributed by atoms with E-state index in [1.54, 1.807) is 0 Å². The first-order valence-electron chi connectivity index (χ1n) is 11.5. The van der Waals surface area contributed by atoms with Crippen molar-refractivity contribution in [3.63, 3.8) is 0 Å². The maximum Gasteiger partial charge on any atom is 0.263 e. The first kappa shape index (κ1) is 26.1. The Morgan fingerprint density at radius 3 is 2.14 bits per heavy atom. The van der Waals surface area contributed by atoms with Crippen LogP contribution in [0.3, 0.4) is 0 Å². The van der Waals surface area contributed by atoms with E-state index in [4.69, 9.17) is 21.1 Å². The third kappa shape index (κ3) is 5.87. The minimum Gasteiger partial charge on any atom is -0.484 e. The smallest absolute Gasteiger partial charge is 0.263 e. The Hall–Kier alpha value is -2.98. The van der Waals surface area contributed by atoms with Crippen molar-refractivity contribution in [2.24, 2.45) is 0 Å². The summed E-state index contributed by atoms with van der Waals surface area (Å²) < 4.78 is 49.6. The van der Waals surface area contributed by atoms with Crippen LogP contribution >= 0.6 is 11.6 Å². The Labute approximate surface area is 210 Å². The molecule has 1 atom stereocenters. The van der Waals surface area contributed by atoms with E-state index in [-0.39, 0.29) is 41.7 Å². The third-order valence-electron chi connectivity index (χ3n) is 6.88. The van der Waals surface area contributed by atoms with E-state index in [1.165, 1.54) is 36.4 Å². The maximum absolute atomic E-state index is 13.5. The highest BCUT2D eigenvalue weighted by Crippen LogP contribution is 2.47. The number of fused-ring (bicyclic) bond motifs is 3. The van der Waals surface area contributed by atoms with Gasteiger partial charge in [-0.25, -0.2) is 13.2 Å². The van der Waals surface area contributed by atoms with Crippen molar-refractivity contribution in [1.82, 2.24) is 10.6 Å². The normalized spacial score (nSPS) is 24.9. The average Bonchev–Trinajstić information content (AvgIpc) is 2.85. The number of aliphatic hydroxyl groups excluding tert-OH is 1. The molecule has 3 saturated carbocycles. The summed E-state index contributed by atoms with van der Waals surface area (Å²) in [5.41, 5.74) is -1.59.